The van der Waals surface area contributed by atoms with Gasteiger partial charge in [0.15, 0.2) is 11.0 Å². The van der Waals surface area contributed by atoms with Gasteiger partial charge >= 0.3 is 0 Å². The lowest BCUT2D eigenvalue weighted by molar-refractivity contribution is -0.127. The molecule has 2 aromatic carbocycles. The molecule has 0 aliphatic rings. The molecule has 0 aliphatic heterocycles. The monoisotopic (exact) mass is 490 g/mol. The lowest BCUT2D eigenvalue weighted by atomic mass is 10.2. The van der Waals surface area contributed by atoms with Crippen molar-refractivity contribution in [2.24, 2.45) is 0 Å². The van der Waals surface area contributed by atoms with Gasteiger partial charge in [-0.15, -0.1) is 21.5 Å². The summed E-state index contributed by atoms with van der Waals surface area (Å²) in [4.78, 5) is 15.2. The van der Waals surface area contributed by atoms with Crippen LogP contribution >= 0.6 is 34.7 Å². The molecule has 4 rings (SSSR count). The van der Waals surface area contributed by atoms with Crippen molar-refractivity contribution >= 4 is 40.6 Å². The minimum atomic E-state index is -0.748. The van der Waals surface area contributed by atoms with E-state index in [9.17, 15) is 13.6 Å². The van der Waals surface area contributed by atoms with Crippen LogP contribution in [0.1, 0.15) is 4.88 Å². The highest BCUT2D eigenvalue weighted by atomic mass is 35.5. The van der Waals surface area contributed by atoms with E-state index >= 15 is 0 Å². The first-order chi connectivity index (χ1) is 15.4. The van der Waals surface area contributed by atoms with Crippen LogP contribution in [0.2, 0.25) is 4.34 Å². The van der Waals surface area contributed by atoms with Crippen LogP contribution in [0.25, 0.3) is 17.1 Å². The van der Waals surface area contributed by atoms with E-state index < -0.39 is 11.6 Å². The van der Waals surface area contributed by atoms with Gasteiger partial charge in [-0.05, 0) is 24.3 Å². The zero-order valence-corrected chi connectivity index (χ0v) is 19.2. The Kier molecular flexibility index (Phi) is 6.88. The topological polar surface area (TPSA) is 51.0 Å². The van der Waals surface area contributed by atoms with Crippen LogP contribution in [-0.2, 0) is 11.3 Å². The number of thioether (sulfide) groups is 1. The molecule has 0 radical (unpaired) electrons. The summed E-state index contributed by atoms with van der Waals surface area (Å²) in [5.74, 6) is -1.09. The summed E-state index contributed by atoms with van der Waals surface area (Å²) in [7, 11) is 1.70. The Morgan fingerprint density at radius 1 is 1.12 bits per heavy atom. The van der Waals surface area contributed by atoms with Gasteiger partial charge in [-0.1, -0.05) is 53.7 Å². The molecule has 5 nitrogen and oxygen atoms in total. The molecular weight excluding hydrogens is 474 g/mol. The highest BCUT2D eigenvalue weighted by Gasteiger charge is 2.21. The Balaban J connectivity index is 1.59. The number of thiophene rings is 1. The predicted octanol–water partition coefficient (Wildman–Crippen LogP) is 5.68. The highest BCUT2D eigenvalue weighted by molar-refractivity contribution is 7.99. The maximum Gasteiger partial charge on any atom is 0.233 e. The van der Waals surface area contributed by atoms with Gasteiger partial charge in [0, 0.05) is 23.6 Å². The van der Waals surface area contributed by atoms with Crippen LogP contribution < -0.4 is 0 Å². The van der Waals surface area contributed by atoms with Crippen LogP contribution in [0, 0.1) is 11.6 Å². The maximum atomic E-state index is 14.7. The first-order valence-electron chi connectivity index (χ1n) is 9.49. The van der Waals surface area contributed by atoms with Crippen molar-refractivity contribution in [1.82, 2.24) is 19.7 Å². The van der Waals surface area contributed by atoms with E-state index in [-0.39, 0.29) is 17.3 Å². The molecule has 2 aromatic heterocycles. The molecule has 4 aromatic rings. The molecular formula is C22H17ClF2N4OS2. The van der Waals surface area contributed by atoms with Crippen molar-refractivity contribution in [3.05, 3.63) is 81.5 Å². The van der Waals surface area contributed by atoms with E-state index in [0.29, 0.717) is 27.4 Å². The van der Waals surface area contributed by atoms with Crippen LogP contribution in [0.3, 0.4) is 0 Å². The summed E-state index contributed by atoms with van der Waals surface area (Å²) < 4.78 is 30.3. The normalized spacial score (nSPS) is 11.0. The van der Waals surface area contributed by atoms with Gasteiger partial charge in [0.2, 0.25) is 5.91 Å². The molecule has 32 heavy (non-hydrogen) atoms. The fraction of sp³-hybridized carbons (Fsp3) is 0.136. The molecule has 0 unspecified atom stereocenters. The summed E-state index contributed by atoms with van der Waals surface area (Å²) in [6, 6.07) is 16.1. The highest BCUT2D eigenvalue weighted by Crippen LogP contribution is 2.30. The molecule has 0 bridgehead atoms. The summed E-state index contributed by atoms with van der Waals surface area (Å²) in [5, 5.41) is 8.72. The average molecular weight is 491 g/mol. The third-order valence-electron chi connectivity index (χ3n) is 4.59. The lowest BCUT2D eigenvalue weighted by Crippen LogP contribution is -2.27. The number of benzene rings is 2. The van der Waals surface area contributed by atoms with Gasteiger partial charge in [0.1, 0.15) is 11.6 Å². The summed E-state index contributed by atoms with van der Waals surface area (Å²) in [6.45, 7) is 0.436. The number of halogens is 3. The summed E-state index contributed by atoms with van der Waals surface area (Å²) in [6.07, 6.45) is 0. The third kappa shape index (κ3) is 5.01. The van der Waals surface area contributed by atoms with Crippen LogP contribution in [0.5, 0.6) is 0 Å². The standard InChI is InChI=1S/C22H17ClF2N4OS2/c1-28(12-16-8-10-19(23)32-16)20(30)13-31-22-27-26-21(14-5-3-2-4-6-14)29(22)18-9-7-15(24)11-17(18)25/h2-11H,12-13H2,1H3. The second kappa shape index (κ2) is 9.81. The van der Waals surface area contributed by atoms with Gasteiger partial charge < -0.3 is 4.90 Å². The first-order valence-corrected chi connectivity index (χ1v) is 11.7. The van der Waals surface area contributed by atoms with E-state index in [0.717, 1.165) is 22.7 Å². The van der Waals surface area contributed by atoms with Gasteiger partial charge in [0.25, 0.3) is 0 Å². The summed E-state index contributed by atoms with van der Waals surface area (Å²) in [5.41, 5.74) is 0.820. The minimum absolute atomic E-state index is 0.0747. The number of amides is 1. The van der Waals surface area contributed by atoms with Gasteiger partial charge in [0.05, 0.1) is 22.3 Å². The van der Waals surface area contributed by atoms with Crippen molar-refractivity contribution in [3.63, 3.8) is 0 Å². The van der Waals surface area contributed by atoms with E-state index in [1.165, 1.54) is 28.0 Å². The Hall–Kier alpha value is -2.75. The van der Waals surface area contributed by atoms with Crippen molar-refractivity contribution in [1.29, 1.82) is 0 Å². The SMILES string of the molecule is CN(Cc1ccc(Cl)s1)C(=O)CSc1nnc(-c2ccccc2)n1-c1ccc(F)cc1F. The average Bonchev–Trinajstić information content (AvgIpc) is 3.38. The van der Waals surface area contributed by atoms with Crippen molar-refractivity contribution in [2.45, 2.75) is 11.7 Å². The Labute approximate surface area is 196 Å². The number of nitrogens with zero attached hydrogens (tertiary/aromatic N) is 4. The van der Waals surface area contributed by atoms with Crippen molar-refractivity contribution in [3.8, 4) is 17.1 Å². The fourth-order valence-electron chi connectivity index (χ4n) is 3.01. The Morgan fingerprint density at radius 3 is 2.59 bits per heavy atom. The summed E-state index contributed by atoms with van der Waals surface area (Å²) >= 11 is 8.51. The third-order valence-corrected chi connectivity index (χ3v) is 6.72. The zero-order valence-electron chi connectivity index (χ0n) is 16.8. The molecule has 1 amide bonds. The van der Waals surface area contributed by atoms with E-state index in [4.69, 9.17) is 11.6 Å². The van der Waals surface area contributed by atoms with Crippen LogP contribution in [0.15, 0.2) is 65.8 Å². The van der Waals surface area contributed by atoms with Gasteiger partial charge in [-0.25, -0.2) is 8.78 Å². The molecule has 0 aliphatic carbocycles. The van der Waals surface area contributed by atoms with Crippen molar-refractivity contribution in [2.75, 3.05) is 12.8 Å². The lowest BCUT2D eigenvalue weighted by Gasteiger charge is -2.16. The predicted molar refractivity (Wildman–Crippen MR) is 123 cm³/mol. The number of aromatic nitrogens is 3. The van der Waals surface area contributed by atoms with Gasteiger partial charge in [-0.2, -0.15) is 0 Å². The van der Waals surface area contributed by atoms with Crippen LogP contribution in [0.4, 0.5) is 8.78 Å². The molecule has 0 saturated carbocycles. The molecule has 2 heterocycles. The molecule has 164 valence electrons. The number of hydrogen-bond donors (Lipinski definition) is 0. The quantitative estimate of drug-likeness (QED) is 0.313. The molecule has 0 fully saturated rings. The second-order valence-electron chi connectivity index (χ2n) is 6.85. The van der Waals surface area contributed by atoms with Crippen molar-refractivity contribution < 1.29 is 13.6 Å². The number of carbonyl (C=O) groups excluding carboxylic acids is 1. The molecule has 0 N–H and O–H groups in total. The fourth-order valence-corrected chi connectivity index (χ4v) is 5.04. The number of rotatable bonds is 7. The van der Waals surface area contributed by atoms with E-state index in [1.807, 2.05) is 36.4 Å². The smallest absolute Gasteiger partial charge is 0.233 e. The minimum Gasteiger partial charge on any atom is -0.340 e. The molecule has 0 spiro atoms. The molecule has 0 saturated heterocycles. The van der Waals surface area contributed by atoms with Crippen LogP contribution in [-0.4, -0.2) is 38.4 Å². The van der Waals surface area contributed by atoms with Gasteiger partial charge in [-0.3, -0.25) is 9.36 Å². The Morgan fingerprint density at radius 2 is 1.91 bits per heavy atom. The zero-order chi connectivity index (χ0) is 22.7. The number of carbonyl (C=O) groups is 1. The first kappa shape index (κ1) is 22.4. The second-order valence-corrected chi connectivity index (χ2v) is 9.59. The Bertz CT molecular complexity index is 1250. The molecule has 0 atom stereocenters. The van der Waals surface area contributed by atoms with E-state index in [2.05, 4.69) is 10.2 Å². The van der Waals surface area contributed by atoms with E-state index in [1.54, 1.807) is 18.0 Å². The molecule has 10 heteroatoms. The maximum absolute atomic E-state index is 14.7. The largest absolute Gasteiger partial charge is 0.340 e. The number of hydrogen-bond acceptors (Lipinski definition) is 5.